The summed E-state index contributed by atoms with van der Waals surface area (Å²) in [7, 11) is -3.44. The molecule has 0 spiro atoms. The Balaban J connectivity index is 1.80. The van der Waals surface area contributed by atoms with E-state index < -0.39 is 10.0 Å². The summed E-state index contributed by atoms with van der Waals surface area (Å²) < 4.78 is 32.3. The minimum atomic E-state index is -3.44. The lowest BCUT2D eigenvalue weighted by molar-refractivity contribution is 0.560. The average molecular weight is 308 g/mol. The number of rotatable bonds is 4. The molecule has 0 aliphatic rings. The summed E-state index contributed by atoms with van der Waals surface area (Å²) in [5, 5.41) is 1.73. The van der Waals surface area contributed by atoms with Gasteiger partial charge >= 0.3 is 0 Å². The summed E-state index contributed by atoms with van der Waals surface area (Å²) in [4.78, 5) is 4.20. The maximum atomic E-state index is 12.0. The van der Waals surface area contributed by atoms with Gasteiger partial charge in [-0.25, -0.2) is 18.1 Å². The van der Waals surface area contributed by atoms with E-state index >= 15 is 0 Å². The molecular weight excluding hydrogens is 296 g/mol. The third kappa shape index (κ3) is 2.60. The molecule has 0 saturated heterocycles. The zero-order valence-electron chi connectivity index (χ0n) is 10.7. The Morgan fingerprint density at radius 1 is 1.35 bits per heavy atom. The molecule has 3 aromatic rings. The first-order chi connectivity index (χ1) is 9.54. The zero-order valence-corrected chi connectivity index (χ0v) is 12.3. The van der Waals surface area contributed by atoms with Crippen LogP contribution in [0.3, 0.4) is 0 Å². The van der Waals surface area contributed by atoms with E-state index in [-0.39, 0.29) is 6.54 Å². The van der Waals surface area contributed by atoms with Crippen LogP contribution in [0.5, 0.6) is 0 Å². The molecule has 20 heavy (non-hydrogen) atoms. The molecule has 2 heterocycles. The molecule has 0 bridgehead atoms. The van der Waals surface area contributed by atoms with Crippen molar-refractivity contribution < 1.29 is 12.8 Å². The van der Waals surface area contributed by atoms with Crippen LogP contribution < -0.4 is 4.72 Å². The first-order valence-electron chi connectivity index (χ1n) is 5.94. The summed E-state index contributed by atoms with van der Waals surface area (Å²) in [6.45, 7) is 2.00. The van der Waals surface area contributed by atoms with Gasteiger partial charge in [0.15, 0.2) is 11.5 Å². The molecule has 0 saturated carbocycles. The molecule has 7 heteroatoms. The van der Waals surface area contributed by atoms with Gasteiger partial charge in [0.2, 0.25) is 10.0 Å². The number of hydrogen-bond donors (Lipinski definition) is 1. The lowest BCUT2D eigenvalue weighted by atomic mass is 10.2. The Morgan fingerprint density at radius 2 is 2.20 bits per heavy atom. The maximum Gasteiger partial charge on any atom is 0.250 e. The van der Waals surface area contributed by atoms with Crippen LogP contribution in [-0.2, 0) is 16.6 Å². The summed E-state index contributed by atoms with van der Waals surface area (Å²) in [5.74, 6) is 0.594. The standard InChI is InChI=1S/C13H12N2O3S2/c1-9-15-11-5-4-10(7-12(11)18-9)8-14-20(16,17)13-3-2-6-19-13/h2-7,14H,8H2,1H3. The number of sulfonamides is 1. The van der Waals surface area contributed by atoms with E-state index in [2.05, 4.69) is 9.71 Å². The van der Waals surface area contributed by atoms with Gasteiger partial charge in [-0.3, -0.25) is 0 Å². The average Bonchev–Trinajstić information content (AvgIpc) is 3.04. The van der Waals surface area contributed by atoms with Gasteiger partial charge in [0.25, 0.3) is 0 Å². The van der Waals surface area contributed by atoms with E-state index in [4.69, 9.17) is 4.42 Å². The molecule has 0 atom stereocenters. The fourth-order valence-electron chi connectivity index (χ4n) is 1.86. The molecule has 1 aromatic carbocycles. The van der Waals surface area contributed by atoms with Gasteiger partial charge in [-0.1, -0.05) is 12.1 Å². The number of fused-ring (bicyclic) bond motifs is 1. The zero-order chi connectivity index (χ0) is 14.2. The number of nitrogens with one attached hydrogen (secondary N) is 1. The van der Waals surface area contributed by atoms with Crippen molar-refractivity contribution in [2.24, 2.45) is 0 Å². The van der Waals surface area contributed by atoms with Gasteiger partial charge in [-0.2, -0.15) is 0 Å². The van der Waals surface area contributed by atoms with Crippen molar-refractivity contribution in [1.82, 2.24) is 9.71 Å². The Hall–Kier alpha value is -1.70. The predicted molar refractivity (Wildman–Crippen MR) is 77.1 cm³/mol. The monoisotopic (exact) mass is 308 g/mol. The van der Waals surface area contributed by atoms with Gasteiger partial charge in [0.05, 0.1) is 0 Å². The highest BCUT2D eigenvalue weighted by Gasteiger charge is 2.14. The Labute approximate surface area is 120 Å². The van der Waals surface area contributed by atoms with Gasteiger partial charge in [-0.15, -0.1) is 11.3 Å². The number of nitrogens with zero attached hydrogens (tertiary/aromatic N) is 1. The molecule has 0 fully saturated rings. The van der Waals surface area contributed by atoms with Gasteiger partial charge in [0.1, 0.15) is 9.73 Å². The molecule has 0 radical (unpaired) electrons. The van der Waals surface area contributed by atoms with E-state index in [0.29, 0.717) is 15.7 Å². The third-order valence-electron chi connectivity index (χ3n) is 2.79. The minimum Gasteiger partial charge on any atom is -0.441 e. The predicted octanol–water partition coefficient (Wildman–Crippen LogP) is 2.68. The van der Waals surface area contributed by atoms with Crippen LogP contribution in [0.1, 0.15) is 11.5 Å². The summed E-state index contributed by atoms with van der Waals surface area (Å²) in [6.07, 6.45) is 0. The quantitative estimate of drug-likeness (QED) is 0.804. The summed E-state index contributed by atoms with van der Waals surface area (Å²) >= 11 is 1.19. The van der Waals surface area contributed by atoms with Crippen molar-refractivity contribution in [3.05, 3.63) is 47.2 Å². The van der Waals surface area contributed by atoms with Crippen molar-refractivity contribution in [3.8, 4) is 0 Å². The summed E-state index contributed by atoms with van der Waals surface area (Å²) in [6, 6.07) is 8.74. The molecular formula is C13H12N2O3S2. The van der Waals surface area contributed by atoms with E-state index in [1.807, 2.05) is 12.1 Å². The molecule has 0 aliphatic carbocycles. The SMILES string of the molecule is Cc1nc2ccc(CNS(=O)(=O)c3cccs3)cc2o1. The second-order valence-corrected chi connectivity index (χ2v) is 7.23. The van der Waals surface area contributed by atoms with E-state index in [0.717, 1.165) is 11.1 Å². The number of thiophene rings is 1. The molecule has 3 rings (SSSR count). The second kappa shape index (κ2) is 5.01. The van der Waals surface area contributed by atoms with Gasteiger partial charge in [-0.05, 0) is 29.1 Å². The Kier molecular flexibility index (Phi) is 3.33. The molecule has 2 aromatic heterocycles. The maximum absolute atomic E-state index is 12.0. The number of aryl methyl sites for hydroxylation is 1. The van der Waals surface area contributed by atoms with Crippen molar-refractivity contribution in [3.63, 3.8) is 0 Å². The Bertz CT molecular complexity index is 836. The molecule has 0 unspecified atom stereocenters. The van der Waals surface area contributed by atoms with Crippen molar-refractivity contribution >= 4 is 32.5 Å². The second-order valence-electron chi connectivity index (χ2n) is 4.29. The number of hydrogen-bond acceptors (Lipinski definition) is 5. The van der Waals surface area contributed by atoms with E-state index in [1.54, 1.807) is 30.5 Å². The molecule has 104 valence electrons. The molecule has 5 nitrogen and oxygen atoms in total. The number of oxazole rings is 1. The number of aromatic nitrogens is 1. The lowest BCUT2D eigenvalue weighted by Gasteiger charge is -2.04. The number of benzene rings is 1. The van der Waals surface area contributed by atoms with Crippen LogP contribution >= 0.6 is 11.3 Å². The highest BCUT2D eigenvalue weighted by molar-refractivity contribution is 7.91. The first-order valence-corrected chi connectivity index (χ1v) is 8.30. The van der Waals surface area contributed by atoms with E-state index in [1.165, 1.54) is 11.3 Å². The highest BCUT2D eigenvalue weighted by Crippen LogP contribution is 2.18. The van der Waals surface area contributed by atoms with Gasteiger partial charge in [0, 0.05) is 13.5 Å². The van der Waals surface area contributed by atoms with Crippen LogP contribution in [0.25, 0.3) is 11.1 Å². The van der Waals surface area contributed by atoms with Crippen molar-refractivity contribution in [2.45, 2.75) is 17.7 Å². The largest absolute Gasteiger partial charge is 0.441 e. The Morgan fingerprint density at radius 3 is 2.95 bits per heavy atom. The van der Waals surface area contributed by atoms with Crippen LogP contribution in [0.15, 0.2) is 44.3 Å². The summed E-state index contributed by atoms with van der Waals surface area (Å²) in [5.41, 5.74) is 2.26. The fraction of sp³-hybridized carbons (Fsp3) is 0.154. The molecule has 0 amide bonds. The highest BCUT2D eigenvalue weighted by atomic mass is 32.2. The van der Waals surface area contributed by atoms with E-state index in [9.17, 15) is 8.42 Å². The minimum absolute atomic E-state index is 0.218. The molecule has 1 N–H and O–H groups in total. The molecule has 0 aliphatic heterocycles. The lowest BCUT2D eigenvalue weighted by Crippen LogP contribution is -2.22. The first kappa shape index (κ1) is 13.3. The normalized spacial score (nSPS) is 12.1. The topological polar surface area (TPSA) is 72.2 Å². The third-order valence-corrected chi connectivity index (χ3v) is 5.58. The van der Waals surface area contributed by atoms with Crippen LogP contribution in [0.2, 0.25) is 0 Å². The smallest absolute Gasteiger partial charge is 0.250 e. The van der Waals surface area contributed by atoms with Crippen LogP contribution in [0, 0.1) is 6.92 Å². The fourth-order valence-corrected chi connectivity index (χ4v) is 3.92. The van der Waals surface area contributed by atoms with Crippen LogP contribution in [-0.4, -0.2) is 13.4 Å². The van der Waals surface area contributed by atoms with Crippen molar-refractivity contribution in [2.75, 3.05) is 0 Å². The van der Waals surface area contributed by atoms with Gasteiger partial charge < -0.3 is 4.42 Å². The van der Waals surface area contributed by atoms with Crippen LogP contribution in [0.4, 0.5) is 0 Å². The van der Waals surface area contributed by atoms with Crippen molar-refractivity contribution in [1.29, 1.82) is 0 Å².